The molecule has 2 aliphatic heterocycles. The number of hydrogen-bond donors (Lipinski definition) is 1. The Morgan fingerprint density at radius 3 is 3.04 bits per heavy atom. The van der Waals surface area contributed by atoms with Crippen LogP contribution in [0.15, 0.2) is 17.4 Å². The van der Waals surface area contributed by atoms with Crippen molar-refractivity contribution in [1.82, 2.24) is 20.0 Å². The zero-order valence-electron chi connectivity index (χ0n) is 14.4. The Hall–Kier alpha value is -1.43. The quantitative estimate of drug-likeness (QED) is 0.233. The number of nitrogens with one attached hydrogen (secondary N) is 1. The molecule has 0 saturated carbocycles. The van der Waals surface area contributed by atoms with Crippen LogP contribution in [0.4, 0.5) is 5.69 Å². The van der Waals surface area contributed by atoms with Crippen molar-refractivity contribution >= 4 is 35.6 Å². The fourth-order valence-electron chi connectivity index (χ4n) is 3.34. The van der Waals surface area contributed by atoms with Crippen LogP contribution >= 0.6 is 24.0 Å². The van der Waals surface area contributed by atoms with Gasteiger partial charge in [0.25, 0.3) is 0 Å². The summed E-state index contributed by atoms with van der Waals surface area (Å²) in [7, 11) is 0. The molecule has 3 rings (SSSR count). The summed E-state index contributed by atoms with van der Waals surface area (Å²) in [6.45, 7) is 7.59. The molecule has 2 fully saturated rings. The number of nitro groups is 1. The summed E-state index contributed by atoms with van der Waals surface area (Å²) in [4.78, 5) is 17.2. The van der Waals surface area contributed by atoms with Crippen LogP contribution in [0, 0.1) is 15.5 Å². The normalized spacial score (nSPS) is 23.1. The highest BCUT2D eigenvalue weighted by Gasteiger charge is 2.42. The van der Waals surface area contributed by atoms with E-state index in [-0.39, 0.29) is 29.7 Å². The van der Waals surface area contributed by atoms with Gasteiger partial charge in [-0.25, -0.2) is 0 Å². The first-order valence-electron chi connectivity index (χ1n) is 8.40. The molecule has 1 N–H and O–H groups in total. The number of ether oxygens (including phenoxy) is 1. The summed E-state index contributed by atoms with van der Waals surface area (Å²) >= 11 is 0. The maximum atomic E-state index is 10.7. The van der Waals surface area contributed by atoms with Crippen molar-refractivity contribution in [2.45, 2.75) is 26.3 Å². The summed E-state index contributed by atoms with van der Waals surface area (Å²) in [5, 5.41) is 18.0. The van der Waals surface area contributed by atoms with Crippen molar-refractivity contribution in [3.63, 3.8) is 0 Å². The second-order valence-electron chi connectivity index (χ2n) is 6.43. The average Bonchev–Trinajstić information content (AvgIpc) is 3.29. The number of likely N-dealkylation sites (tertiary alicyclic amines) is 1. The SMILES string of the molecule is CCNC(=NCCn1cc([N+](=O)[O-])cn1)N1CCC2(CCOC2)C1.I. The minimum atomic E-state index is -0.440. The van der Waals surface area contributed by atoms with Gasteiger partial charge >= 0.3 is 5.69 Å². The topological polar surface area (TPSA) is 97.8 Å². The lowest BCUT2D eigenvalue weighted by Gasteiger charge is -2.24. The molecular formula is C15H25IN6O3. The number of aliphatic imine (C=N–C) groups is 1. The molecule has 1 spiro atoms. The molecule has 0 bridgehead atoms. The van der Waals surface area contributed by atoms with Gasteiger partial charge in [-0.15, -0.1) is 24.0 Å². The molecule has 0 aliphatic carbocycles. The maximum Gasteiger partial charge on any atom is 0.306 e. The first-order valence-corrected chi connectivity index (χ1v) is 8.40. The van der Waals surface area contributed by atoms with Crippen LogP contribution in [0.2, 0.25) is 0 Å². The van der Waals surface area contributed by atoms with E-state index in [1.54, 1.807) is 4.68 Å². The Balaban J connectivity index is 0.00000225. The molecule has 1 atom stereocenters. The minimum Gasteiger partial charge on any atom is -0.381 e. The summed E-state index contributed by atoms with van der Waals surface area (Å²) in [6.07, 6.45) is 4.96. The largest absolute Gasteiger partial charge is 0.381 e. The summed E-state index contributed by atoms with van der Waals surface area (Å²) in [5.41, 5.74) is 0.298. The van der Waals surface area contributed by atoms with Gasteiger partial charge in [-0.05, 0) is 19.8 Å². The minimum absolute atomic E-state index is 0. The van der Waals surface area contributed by atoms with Crippen LogP contribution in [-0.2, 0) is 11.3 Å². The van der Waals surface area contributed by atoms with Crippen LogP contribution in [0.5, 0.6) is 0 Å². The fourth-order valence-corrected chi connectivity index (χ4v) is 3.34. The van der Waals surface area contributed by atoms with Crippen LogP contribution in [0.25, 0.3) is 0 Å². The Labute approximate surface area is 164 Å². The van der Waals surface area contributed by atoms with E-state index in [1.807, 2.05) is 0 Å². The summed E-state index contributed by atoms with van der Waals surface area (Å²) in [5.74, 6) is 0.905. The lowest BCUT2D eigenvalue weighted by molar-refractivity contribution is -0.385. The lowest BCUT2D eigenvalue weighted by Crippen LogP contribution is -2.41. The van der Waals surface area contributed by atoms with Crippen LogP contribution in [0.3, 0.4) is 0 Å². The first kappa shape index (κ1) is 19.9. The van der Waals surface area contributed by atoms with Gasteiger partial charge in [-0.1, -0.05) is 0 Å². The Bertz CT molecular complexity index is 614. The third-order valence-corrected chi connectivity index (χ3v) is 4.68. The van der Waals surface area contributed by atoms with Gasteiger partial charge in [0.2, 0.25) is 0 Å². The van der Waals surface area contributed by atoms with Gasteiger partial charge in [0.1, 0.15) is 12.4 Å². The van der Waals surface area contributed by atoms with E-state index >= 15 is 0 Å². The highest BCUT2D eigenvalue weighted by molar-refractivity contribution is 14.0. The molecule has 9 nitrogen and oxygen atoms in total. The van der Waals surface area contributed by atoms with Crippen molar-refractivity contribution in [2.24, 2.45) is 10.4 Å². The lowest BCUT2D eigenvalue weighted by atomic mass is 9.87. The number of rotatable bonds is 5. The van der Waals surface area contributed by atoms with E-state index < -0.39 is 4.92 Å². The number of halogens is 1. The highest BCUT2D eigenvalue weighted by atomic mass is 127. The monoisotopic (exact) mass is 464 g/mol. The van der Waals surface area contributed by atoms with E-state index in [1.165, 1.54) is 12.4 Å². The van der Waals surface area contributed by atoms with Gasteiger partial charge in [0.15, 0.2) is 5.96 Å². The molecule has 25 heavy (non-hydrogen) atoms. The van der Waals surface area contributed by atoms with E-state index in [0.29, 0.717) is 18.5 Å². The second kappa shape index (κ2) is 8.79. The van der Waals surface area contributed by atoms with Gasteiger partial charge in [-0.3, -0.25) is 19.8 Å². The Kier molecular flexibility index (Phi) is 6.99. The molecule has 1 unspecified atom stereocenters. The van der Waals surface area contributed by atoms with Gasteiger partial charge in [-0.2, -0.15) is 5.10 Å². The maximum absolute atomic E-state index is 10.7. The van der Waals surface area contributed by atoms with Gasteiger partial charge in [0, 0.05) is 31.7 Å². The molecule has 1 aromatic heterocycles. The number of guanidine groups is 1. The number of aromatic nitrogens is 2. The van der Waals surface area contributed by atoms with E-state index in [0.717, 1.165) is 51.6 Å². The zero-order chi connectivity index (χ0) is 17.0. The predicted molar refractivity (Wildman–Crippen MR) is 104 cm³/mol. The summed E-state index contributed by atoms with van der Waals surface area (Å²) < 4.78 is 7.13. The molecule has 0 amide bonds. The van der Waals surface area contributed by atoms with Gasteiger partial charge < -0.3 is 15.0 Å². The van der Waals surface area contributed by atoms with Crippen LogP contribution < -0.4 is 5.32 Å². The van der Waals surface area contributed by atoms with E-state index in [2.05, 4.69) is 27.2 Å². The summed E-state index contributed by atoms with van der Waals surface area (Å²) in [6, 6.07) is 0. The molecule has 2 aliphatic rings. The van der Waals surface area contributed by atoms with E-state index in [4.69, 9.17) is 4.74 Å². The van der Waals surface area contributed by atoms with Crippen LogP contribution in [0.1, 0.15) is 19.8 Å². The van der Waals surface area contributed by atoms with Gasteiger partial charge in [0.05, 0.1) is 24.6 Å². The Morgan fingerprint density at radius 2 is 2.40 bits per heavy atom. The standard InChI is InChI=1S/C15H24N6O3.HI/c1-2-16-14(19-6-3-15(11-19)4-8-24-12-15)17-5-7-20-10-13(9-18-20)21(22)23;/h9-10H,2-8,11-12H2,1H3,(H,16,17);1H. The highest BCUT2D eigenvalue weighted by Crippen LogP contribution is 2.38. The smallest absolute Gasteiger partial charge is 0.306 e. The van der Waals surface area contributed by atoms with E-state index in [9.17, 15) is 10.1 Å². The molecular weight excluding hydrogens is 439 g/mol. The number of hydrogen-bond acceptors (Lipinski definition) is 5. The first-order chi connectivity index (χ1) is 11.6. The zero-order valence-corrected chi connectivity index (χ0v) is 16.7. The van der Waals surface area contributed by atoms with Crippen molar-refractivity contribution in [1.29, 1.82) is 0 Å². The average molecular weight is 464 g/mol. The molecule has 1 aromatic rings. The van der Waals surface area contributed by atoms with Crippen molar-refractivity contribution < 1.29 is 9.66 Å². The molecule has 2 saturated heterocycles. The Morgan fingerprint density at radius 1 is 1.56 bits per heavy atom. The molecule has 3 heterocycles. The molecule has 10 heteroatoms. The van der Waals surface area contributed by atoms with Crippen molar-refractivity contribution in [3.05, 3.63) is 22.5 Å². The third kappa shape index (κ3) is 4.81. The predicted octanol–water partition coefficient (Wildman–Crippen LogP) is 1.49. The number of nitrogens with zero attached hydrogens (tertiary/aromatic N) is 5. The van der Waals surface area contributed by atoms with Crippen molar-refractivity contribution in [3.8, 4) is 0 Å². The fraction of sp³-hybridized carbons (Fsp3) is 0.733. The molecule has 140 valence electrons. The third-order valence-electron chi connectivity index (χ3n) is 4.68. The second-order valence-corrected chi connectivity index (χ2v) is 6.43. The van der Waals surface area contributed by atoms with Crippen molar-refractivity contribution in [2.75, 3.05) is 39.4 Å². The molecule has 0 radical (unpaired) electrons. The molecule has 0 aromatic carbocycles. The van der Waals surface area contributed by atoms with Crippen LogP contribution in [-0.4, -0.2) is 65.0 Å².